The molecule has 1 saturated heterocycles. The molecule has 0 aromatic heterocycles. The highest BCUT2D eigenvalue weighted by molar-refractivity contribution is 5.79. The van der Waals surface area contributed by atoms with Crippen LogP contribution in [0, 0.1) is 5.92 Å². The van der Waals surface area contributed by atoms with E-state index in [-0.39, 0.29) is 0 Å². The molecule has 3 rings (SSSR count). The quantitative estimate of drug-likeness (QED) is 0.560. The molecule has 1 atom stereocenters. The smallest absolute Gasteiger partial charge is 0.193 e. The molecule has 1 aliphatic heterocycles. The van der Waals surface area contributed by atoms with Gasteiger partial charge in [0.05, 0.1) is 12.7 Å². The molecule has 1 heterocycles. The lowest BCUT2D eigenvalue weighted by molar-refractivity contribution is 0.181. The number of hydrogen-bond donors (Lipinski definition) is 1. The Morgan fingerprint density at radius 1 is 1.22 bits per heavy atom. The van der Waals surface area contributed by atoms with Crippen LogP contribution in [0.2, 0.25) is 0 Å². The van der Waals surface area contributed by atoms with Crippen LogP contribution in [-0.2, 0) is 11.2 Å². The maximum absolute atomic E-state index is 6.05. The van der Waals surface area contributed by atoms with Crippen molar-refractivity contribution in [3.8, 4) is 5.75 Å². The number of nitrogens with zero attached hydrogens (tertiary/aromatic N) is 2. The van der Waals surface area contributed by atoms with Crippen LogP contribution in [0.25, 0.3) is 0 Å². The van der Waals surface area contributed by atoms with E-state index in [9.17, 15) is 0 Å². The van der Waals surface area contributed by atoms with Crippen molar-refractivity contribution in [3.05, 3.63) is 29.8 Å². The molecule has 2 fully saturated rings. The first kappa shape index (κ1) is 20.0. The van der Waals surface area contributed by atoms with Gasteiger partial charge in [-0.3, -0.25) is 4.99 Å². The number of nitrogens with one attached hydrogen (secondary N) is 1. The molecule has 1 unspecified atom stereocenters. The highest BCUT2D eigenvalue weighted by Crippen LogP contribution is 2.24. The summed E-state index contributed by atoms with van der Waals surface area (Å²) < 4.78 is 11.5. The molecular weight excluding hydrogens is 338 g/mol. The van der Waals surface area contributed by atoms with Gasteiger partial charge in [-0.05, 0) is 63.1 Å². The number of guanidine groups is 1. The molecule has 0 spiro atoms. The van der Waals surface area contributed by atoms with Crippen LogP contribution in [-0.4, -0.2) is 56.9 Å². The molecule has 5 nitrogen and oxygen atoms in total. The highest BCUT2D eigenvalue weighted by atomic mass is 16.5. The van der Waals surface area contributed by atoms with Gasteiger partial charge in [-0.25, -0.2) is 0 Å². The first-order valence-electron chi connectivity index (χ1n) is 10.6. The molecule has 2 aliphatic rings. The molecule has 1 aliphatic carbocycles. The summed E-state index contributed by atoms with van der Waals surface area (Å²) >= 11 is 0. The monoisotopic (exact) mass is 373 g/mol. The molecular formula is C22H35N3O2. The Hall–Kier alpha value is -1.75. The van der Waals surface area contributed by atoms with Crippen LogP contribution in [0.1, 0.15) is 44.6 Å². The van der Waals surface area contributed by atoms with Crippen LogP contribution in [0.3, 0.4) is 0 Å². The molecule has 5 heteroatoms. The van der Waals surface area contributed by atoms with E-state index in [0.29, 0.717) is 12.0 Å². The third kappa shape index (κ3) is 6.42. The molecule has 1 aromatic carbocycles. The average molecular weight is 374 g/mol. The summed E-state index contributed by atoms with van der Waals surface area (Å²) in [6.45, 7) is 6.56. The third-order valence-electron chi connectivity index (χ3n) is 5.44. The first-order chi connectivity index (χ1) is 13.2. The van der Waals surface area contributed by atoms with E-state index in [2.05, 4.69) is 48.5 Å². The Morgan fingerprint density at radius 2 is 2.00 bits per heavy atom. The zero-order valence-electron chi connectivity index (χ0n) is 17.0. The molecule has 1 aromatic rings. The van der Waals surface area contributed by atoms with Crippen molar-refractivity contribution in [1.82, 2.24) is 10.2 Å². The van der Waals surface area contributed by atoms with E-state index in [0.717, 1.165) is 57.4 Å². The Labute approximate surface area is 164 Å². The van der Waals surface area contributed by atoms with Gasteiger partial charge in [-0.1, -0.05) is 12.1 Å². The fourth-order valence-electron chi connectivity index (χ4n) is 3.90. The van der Waals surface area contributed by atoms with Gasteiger partial charge in [0.25, 0.3) is 0 Å². The maximum Gasteiger partial charge on any atom is 0.193 e. The van der Waals surface area contributed by atoms with Gasteiger partial charge in [0.15, 0.2) is 5.96 Å². The van der Waals surface area contributed by atoms with Gasteiger partial charge < -0.3 is 19.7 Å². The average Bonchev–Trinajstić information content (AvgIpc) is 3.36. The summed E-state index contributed by atoms with van der Waals surface area (Å²) in [5.74, 6) is 2.61. The fraction of sp³-hybridized carbons (Fsp3) is 0.682. The van der Waals surface area contributed by atoms with E-state index in [1.165, 1.54) is 31.2 Å². The number of hydrogen-bond acceptors (Lipinski definition) is 3. The van der Waals surface area contributed by atoms with Crippen LogP contribution in [0.4, 0.5) is 0 Å². The minimum absolute atomic E-state index is 0.420. The summed E-state index contributed by atoms with van der Waals surface area (Å²) in [7, 11) is 2.12. The normalized spacial score (nSPS) is 20.8. The van der Waals surface area contributed by atoms with Crippen molar-refractivity contribution in [1.29, 1.82) is 0 Å². The summed E-state index contributed by atoms with van der Waals surface area (Å²) in [6.07, 6.45) is 7.52. The van der Waals surface area contributed by atoms with E-state index in [1.54, 1.807) is 0 Å². The van der Waals surface area contributed by atoms with Crippen LogP contribution >= 0.6 is 0 Å². The fourth-order valence-corrected chi connectivity index (χ4v) is 3.90. The summed E-state index contributed by atoms with van der Waals surface area (Å²) in [4.78, 5) is 7.05. The minimum Gasteiger partial charge on any atom is -0.490 e. The predicted molar refractivity (Wildman–Crippen MR) is 111 cm³/mol. The second kappa shape index (κ2) is 10.5. The van der Waals surface area contributed by atoms with Gasteiger partial charge in [-0.15, -0.1) is 0 Å². The Bertz CT molecular complexity index is 576. The van der Waals surface area contributed by atoms with E-state index >= 15 is 0 Å². The predicted octanol–water partition coefficient (Wildman–Crippen LogP) is 3.48. The summed E-state index contributed by atoms with van der Waals surface area (Å²) in [5, 5.41) is 3.41. The second-order valence-corrected chi connectivity index (χ2v) is 7.76. The molecule has 150 valence electrons. The summed E-state index contributed by atoms with van der Waals surface area (Å²) in [5.41, 5.74) is 1.31. The van der Waals surface area contributed by atoms with Crippen LogP contribution in [0.5, 0.6) is 5.75 Å². The number of ether oxygens (including phenoxy) is 2. The van der Waals surface area contributed by atoms with Crippen LogP contribution < -0.4 is 10.1 Å². The number of aliphatic imine (C=N–C) groups is 1. The largest absolute Gasteiger partial charge is 0.490 e. The molecule has 1 saturated carbocycles. The number of rotatable bonds is 8. The SMILES string of the molecule is CCNC(=NCCc1ccc(OC2CCCC2)cc1)N(C)CC1CCOC1. The second-order valence-electron chi connectivity index (χ2n) is 7.76. The Morgan fingerprint density at radius 3 is 2.67 bits per heavy atom. The topological polar surface area (TPSA) is 46.1 Å². The highest BCUT2D eigenvalue weighted by Gasteiger charge is 2.19. The molecule has 0 radical (unpaired) electrons. The van der Waals surface area contributed by atoms with E-state index in [1.807, 2.05) is 0 Å². The lowest BCUT2D eigenvalue weighted by atomic mass is 10.1. The van der Waals surface area contributed by atoms with Crippen molar-refractivity contribution in [2.45, 2.75) is 51.6 Å². The molecule has 27 heavy (non-hydrogen) atoms. The van der Waals surface area contributed by atoms with E-state index in [4.69, 9.17) is 14.5 Å². The van der Waals surface area contributed by atoms with Gasteiger partial charge in [0, 0.05) is 39.2 Å². The van der Waals surface area contributed by atoms with Gasteiger partial charge in [-0.2, -0.15) is 0 Å². The van der Waals surface area contributed by atoms with Crippen molar-refractivity contribution in [3.63, 3.8) is 0 Å². The maximum atomic E-state index is 6.05. The van der Waals surface area contributed by atoms with Crippen LogP contribution in [0.15, 0.2) is 29.3 Å². The van der Waals surface area contributed by atoms with Crippen molar-refractivity contribution >= 4 is 5.96 Å². The lowest BCUT2D eigenvalue weighted by Gasteiger charge is -2.24. The van der Waals surface area contributed by atoms with Crippen molar-refractivity contribution < 1.29 is 9.47 Å². The molecule has 0 amide bonds. The molecule has 0 bridgehead atoms. The van der Waals surface area contributed by atoms with Gasteiger partial charge >= 0.3 is 0 Å². The Kier molecular flexibility index (Phi) is 7.81. The van der Waals surface area contributed by atoms with Crippen molar-refractivity contribution in [2.75, 3.05) is 39.9 Å². The van der Waals surface area contributed by atoms with Crippen molar-refractivity contribution in [2.24, 2.45) is 10.9 Å². The minimum atomic E-state index is 0.420. The number of benzene rings is 1. The Balaban J connectivity index is 1.47. The summed E-state index contributed by atoms with van der Waals surface area (Å²) in [6, 6.07) is 8.56. The van der Waals surface area contributed by atoms with Gasteiger partial charge in [0.1, 0.15) is 5.75 Å². The third-order valence-corrected chi connectivity index (χ3v) is 5.44. The lowest BCUT2D eigenvalue weighted by Crippen LogP contribution is -2.41. The molecule has 1 N–H and O–H groups in total. The first-order valence-corrected chi connectivity index (χ1v) is 10.6. The van der Waals surface area contributed by atoms with E-state index < -0.39 is 0 Å². The standard InChI is InChI=1S/C22H35N3O2/c1-3-23-22(25(2)16-19-13-15-26-17-19)24-14-12-18-8-10-21(11-9-18)27-20-6-4-5-7-20/h8-11,19-20H,3-7,12-17H2,1-2H3,(H,23,24). The zero-order valence-corrected chi connectivity index (χ0v) is 17.0. The zero-order chi connectivity index (χ0) is 18.9. The van der Waals surface area contributed by atoms with Gasteiger partial charge in [0.2, 0.25) is 0 Å².